The van der Waals surface area contributed by atoms with E-state index in [1.165, 1.54) is 5.56 Å². The van der Waals surface area contributed by atoms with Gasteiger partial charge >= 0.3 is 0 Å². The van der Waals surface area contributed by atoms with Gasteiger partial charge in [-0.1, -0.05) is 17.7 Å². The molecule has 0 saturated heterocycles. The van der Waals surface area contributed by atoms with Crippen LogP contribution in [0.25, 0.3) is 0 Å². The first-order chi connectivity index (χ1) is 4.83. The minimum atomic E-state index is 0.739. The number of anilines is 1. The quantitative estimate of drug-likeness (QED) is 0.654. The first kappa shape index (κ1) is 7.13. The Kier molecular flexibility index (Phi) is 2.32. The van der Waals surface area contributed by atoms with E-state index in [4.69, 9.17) is 0 Å². The maximum atomic E-state index is 3.69. The standard InChI is InChI=1S/C9H12N/c1-3-10-9-6-4-8(2)5-7-9/h4-7,10H,1,3H2,2H3. The average Bonchev–Trinajstić information content (AvgIpc) is 1.95. The maximum absolute atomic E-state index is 3.69. The second-order valence-electron chi connectivity index (χ2n) is 2.29. The molecule has 1 nitrogen and oxygen atoms in total. The molecule has 0 saturated carbocycles. The Morgan fingerprint density at radius 3 is 2.40 bits per heavy atom. The van der Waals surface area contributed by atoms with Crippen LogP contribution in [0, 0.1) is 13.8 Å². The second-order valence-corrected chi connectivity index (χ2v) is 2.29. The van der Waals surface area contributed by atoms with Crippen molar-refractivity contribution in [1.82, 2.24) is 0 Å². The Hall–Kier alpha value is -0.980. The molecule has 0 fully saturated rings. The molecule has 0 bridgehead atoms. The molecule has 0 unspecified atom stereocenters. The number of nitrogens with one attached hydrogen (secondary N) is 1. The predicted octanol–water partition coefficient (Wildman–Crippen LogP) is 2.24. The van der Waals surface area contributed by atoms with Gasteiger partial charge in [0.15, 0.2) is 0 Å². The number of rotatable bonds is 2. The molecule has 0 atom stereocenters. The van der Waals surface area contributed by atoms with Crippen molar-refractivity contribution >= 4 is 5.69 Å². The van der Waals surface area contributed by atoms with Crippen LogP contribution in [0.2, 0.25) is 0 Å². The largest absolute Gasteiger partial charge is 0.385 e. The van der Waals surface area contributed by atoms with E-state index in [0.717, 1.165) is 12.2 Å². The van der Waals surface area contributed by atoms with E-state index in [2.05, 4.69) is 43.4 Å². The van der Waals surface area contributed by atoms with Gasteiger partial charge in [-0.3, -0.25) is 0 Å². The molecule has 1 heteroatoms. The predicted molar refractivity (Wildman–Crippen MR) is 45.0 cm³/mol. The van der Waals surface area contributed by atoms with Gasteiger partial charge in [-0.15, -0.1) is 0 Å². The molecule has 0 heterocycles. The van der Waals surface area contributed by atoms with Crippen LogP contribution in [-0.4, -0.2) is 6.54 Å². The lowest BCUT2D eigenvalue weighted by Gasteiger charge is -2.01. The van der Waals surface area contributed by atoms with Crippen molar-refractivity contribution in [3.63, 3.8) is 0 Å². The monoisotopic (exact) mass is 134 g/mol. The Morgan fingerprint density at radius 2 is 1.90 bits per heavy atom. The molecule has 10 heavy (non-hydrogen) atoms. The summed E-state index contributed by atoms with van der Waals surface area (Å²) in [7, 11) is 0. The van der Waals surface area contributed by atoms with Crippen LogP contribution in [0.5, 0.6) is 0 Å². The molecule has 0 amide bonds. The van der Waals surface area contributed by atoms with E-state index >= 15 is 0 Å². The number of hydrogen-bond donors (Lipinski definition) is 1. The van der Waals surface area contributed by atoms with Crippen molar-refractivity contribution in [3.8, 4) is 0 Å². The molecule has 1 radical (unpaired) electrons. The summed E-state index contributed by atoms with van der Waals surface area (Å²) in [4.78, 5) is 0. The maximum Gasteiger partial charge on any atom is 0.0340 e. The minimum absolute atomic E-state index is 0.739. The van der Waals surface area contributed by atoms with Gasteiger partial charge in [-0.2, -0.15) is 0 Å². The third kappa shape index (κ3) is 1.76. The Morgan fingerprint density at radius 1 is 1.30 bits per heavy atom. The highest BCUT2D eigenvalue weighted by Gasteiger charge is 1.86. The van der Waals surface area contributed by atoms with Crippen molar-refractivity contribution in [2.24, 2.45) is 0 Å². The van der Waals surface area contributed by atoms with E-state index in [0.29, 0.717) is 0 Å². The second kappa shape index (κ2) is 3.25. The van der Waals surface area contributed by atoms with Gasteiger partial charge in [-0.25, -0.2) is 0 Å². The molecule has 0 aliphatic rings. The van der Waals surface area contributed by atoms with Gasteiger partial charge in [-0.05, 0) is 26.0 Å². The molecule has 1 rings (SSSR count). The smallest absolute Gasteiger partial charge is 0.0340 e. The zero-order valence-corrected chi connectivity index (χ0v) is 6.22. The summed E-state index contributed by atoms with van der Waals surface area (Å²) in [6, 6.07) is 8.27. The third-order valence-corrected chi connectivity index (χ3v) is 1.38. The lowest BCUT2D eigenvalue weighted by atomic mass is 10.2. The van der Waals surface area contributed by atoms with Crippen LogP contribution < -0.4 is 5.32 Å². The number of benzene rings is 1. The normalized spacial score (nSPS) is 9.40. The lowest BCUT2D eigenvalue weighted by Crippen LogP contribution is -1.95. The SMILES string of the molecule is [CH2]CNc1ccc(C)cc1. The van der Waals surface area contributed by atoms with Crippen molar-refractivity contribution in [2.75, 3.05) is 11.9 Å². The van der Waals surface area contributed by atoms with E-state index in [-0.39, 0.29) is 0 Å². The van der Waals surface area contributed by atoms with Crippen LogP contribution in [-0.2, 0) is 0 Å². The fraction of sp³-hybridized carbons (Fsp3) is 0.222. The van der Waals surface area contributed by atoms with Gasteiger partial charge in [0.25, 0.3) is 0 Å². The summed E-state index contributed by atoms with van der Waals surface area (Å²) in [5, 5.41) is 3.12. The van der Waals surface area contributed by atoms with Gasteiger partial charge < -0.3 is 5.32 Å². The van der Waals surface area contributed by atoms with Gasteiger partial charge in [0.05, 0.1) is 0 Å². The summed E-state index contributed by atoms with van der Waals surface area (Å²) in [6.07, 6.45) is 0. The zero-order chi connectivity index (χ0) is 7.40. The van der Waals surface area contributed by atoms with Crippen molar-refractivity contribution < 1.29 is 0 Å². The first-order valence-corrected chi connectivity index (χ1v) is 3.42. The number of aryl methyl sites for hydroxylation is 1. The number of hydrogen-bond acceptors (Lipinski definition) is 1. The lowest BCUT2D eigenvalue weighted by molar-refractivity contribution is 1.33. The summed E-state index contributed by atoms with van der Waals surface area (Å²) in [6.45, 7) is 6.51. The van der Waals surface area contributed by atoms with Crippen LogP contribution in [0.3, 0.4) is 0 Å². The van der Waals surface area contributed by atoms with Gasteiger partial charge in [0, 0.05) is 12.2 Å². The molecule has 53 valence electrons. The topological polar surface area (TPSA) is 12.0 Å². The molecule has 0 aliphatic carbocycles. The molecule has 0 spiro atoms. The van der Waals surface area contributed by atoms with Gasteiger partial charge in [0.1, 0.15) is 0 Å². The zero-order valence-electron chi connectivity index (χ0n) is 6.22. The molecular formula is C9H12N. The third-order valence-electron chi connectivity index (χ3n) is 1.38. The van der Waals surface area contributed by atoms with Crippen LogP contribution in [0.1, 0.15) is 5.56 Å². The molecule has 0 aromatic heterocycles. The average molecular weight is 134 g/mol. The minimum Gasteiger partial charge on any atom is -0.385 e. The molecule has 1 aromatic carbocycles. The Balaban J connectivity index is 2.69. The van der Waals surface area contributed by atoms with E-state index in [9.17, 15) is 0 Å². The molecule has 1 aromatic rings. The van der Waals surface area contributed by atoms with Crippen LogP contribution >= 0.6 is 0 Å². The molecule has 1 N–H and O–H groups in total. The molecule has 0 aliphatic heterocycles. The Bertz CT molecular complexity index is 188. The summed E-state index contributed by atoms with van der Waals surface area (Å²) in [5.74, 6) is 0. The summed E-state index contributed by atoms with van der Waals surface area (Å²) in [5.41, 5.74) is 2.43. The van der Waals surface area contributed by atoms with Crippen LogP contribution in [0.15, 0.2) is 24.3 Å². The first-order valence-electron chi connectivity index (χ1n) is 3.42. The van der Waals surface area contributed by atoms with Crippen molar-refractivity contribution in [3.05, 3.63) is 36.8 Å². The van der Waals surface area contributed by atoms with E-state index < -0.39 is 0 Å². The summed E-state index contributed by atoms with van der Waals surface area (Å²) < 4.78 is 0. The summed E-state index contributed by atoms with van der Waals surface area (Å²) >= 11 is 0. The highest BCUT2D eigenvalue weighted by molar-refractivity contribution is 5.44. The van der Waals surface area contributed by atoms with E-state index in [1.54, 1.807) is 0 Å². The van der Waals surface area contributed by atoms with Gasteiger partial charge in [0.2, 0.25) is 0 Å². The van der Waals surface area contributed by atoms with Crippen LogP contribution in [0.4, 0.5) is 5.69 Å². The highest BCUT2D eigenvalue weighted by atomic mass is 14.8. The Labute approximate surface area is 62.1 Å². The fourth-order valence-corrected chi connectivity index (χ4v) is 0.816. The van der Waals surface area contributed by atoms with Crippen molar-refractivity contribution in [1.29, 1.82) is 0 Å². The van der Waals surface area contributed by atoms with Crippen molar-refractivity contribution in [2.45, 2.75) is 6.92 Å². The molecular weight excluding hydrogens is 122 g/mol. The fourth-order valence-electron chi connectivity index (χ4n) is 0.816. The van der Waals surface area contributed by atoms with E-state index in [1.807, 2.05) is 0 Å². The highest BCUT2D eigenvalue weighted by Crippen LogP contribution is 2.07.